The summed E-state index contributed by atoms with van der Waals surface area (Å²) in [6.07, 6.45) is 0.470. The Hall–Kier alpha value is -3.42. The number of carboxylic acid groups (broad SMARTS) is 1. The summed E-state index contributed by atoms with van der Waals surface area (Å²) in [5.74, 6) is -0.231. The number of ether oxygens (including phenoxy) is 1. The van der Waals surface area contributed by atoms with Crippen molar-refractivity contribution in [2.24, 2.45) is 0 Å². The van der Waals surface area contributed by atoms with Crippen LogP contribution in [-0.2, 0) is 11.2 Å². The van der Waals surface area contributed by atoms with E-state index in [0.717, 1.165) is 54.2 Å². The van der Waals surface area contributed by atoms with Crippen LogP contribution in [0.2, 0.25) is 5.02 Å². The quantitative estimate of drug-likeness (QED) is 0.386. The fourth-order valence-corrected chi connectivity index (χ4v) is 4.37. The standard InChI is InChI=1S/C25H23ClN4O3.CH3/c1-15-2-3-16(12-19(15)25(31)32)13-22-27-21-14-20(26)23(29-24(21)28-22)17-4-6-18(7-5-17)30-8-10-33-11-9-30;/h2-7,12,14H,8-11,13H2,1H3,(H,31,32)(H,27,28,29);1H3/q;-1. The number of nitrogens with one attached hydrogen (secondary N) is 1. The topological polar surface area (TPSA) is 91.3 Å². The first kappa shape index (κ1) is 23.7. The summed E-state index contributed by atoms with van der Waals surface area (Å²) < 4.78 is 5.43. The molecule has 0 saturated carbocycles. The fraction of sp³-hybridized carbons (Fsp3) is 0.231. The molecule has 0 aliphatic carbocycles. The van der Waals surface area contributed by atoms with Crippen LogP contribution in [0.1, 0.15) is 27.3 Å². The maximum absolute atomic E-state index is 11.4. The van der Waals surface area contributed by atoms with E-state index in [1.165, 1.54) is 0 Å². The molecular formula is C26H26ClN4O3-. The Balaban J connectivity index is 0.00000274. The number of morpholine rings is 1. The Bertz CT molecular complexity index is 1330. The zero-order valence-corrected chi connectivity index (χ0v) is 19.9. The lowest BCUT2D eigenvalue weighted by atomic mass is 10.0. The van der Waals surface area contributed by atoms with Gasteiger partial charge in [0.2, 0.25) is 0 Å². The number of carbonyl (C=O) groups is 1. The van der Waals surface area contributed by atoms with E-state index in [9.17, 15) is 9.90 Å². The van der Waals surface area contributed by atoms with Gasteiger partial charge in [-0.1, -0.05) is 35.9 Å². The molecule has 1 aliphatic rings. The van der Waals surface area contributed by atoms with E-state index in [2.05, 4.69) is 27.0 Å². The predicted octanol–water partition coefficient (Wildman–Crippen LogP) is 5.16. The van der Waals surface area contributed by atoms with E-state index < -0.39 is 5.97 Å². The highest BCUT2D eigenvalue weighted by atomic mass is 35.5. The Morgan fingerprint density at radius 1 is 1.12 bits per heavy atom. The molecule has 8 heteroatoms. The minimum absolute atomic E-state index is 0. The second-order valence-corrected chi connectivity index (χ2v) is 8.56. The number of fused-ring (bicyclic) bond motifs is 1. The number of halogens is 1. The predicted molar refractivity (Wildman–Crippen MR) is 135 cm³/mol. The molecule has 2 aromatic carbocycles. The third-order valence-electron chi connectivity index (χ3n) is 5.90. The summed E-state index contributed by atoms with van der Waals surface area (Å²) in [7, 11) is 0. The SMILES string of the molecule is Cc1ccc(Cc2nc3nc(-c4ccc(N5CCOCC5)cc4)c(Cl)cc3[nH]2)cc1C(=O)O.[CH3-]. The van der Waals surface area contributed by atoms with Gasteiger partial charge in [-0.3, -0.25) is 0 Å². The largest absolute Gasteiger partial charge is 0.478 e. The maximum Gasteiger partial charge on any atom is 0.335 e. The highest BCUT2D eigenvalue weighted by Gasteiger charge is 2.15. The van der Waals surface area contributed by atoms with E-state index in [1.54, 1.807) is 13.0 Å². The molecule has 0 atom stereocenters. The molecule has 0 spiro atoms. The van der Waals surface area contributed by atoms with Crippen molar-refractivity contribution in [2.45, 2.75) is 13.3 Å². The molecular weight excluding hydrogens is 452 g/mol. The Morgan fingerprint density at radius 2 is 1.85 bits per heavy atom. The van der Waals surface area contributed by atoms with Gasteiger partial charge in [-0.25, -0.2) is 14.8 Å². The van der Waals surface area contributed by atoms with Gasteiger partial charge in [0.15, 0.2) is 5.65 Å². The molecule has 1 fully saturated rings. The van der Waals surface area contributed by atoms with Crippen molar-refractivity contribution in [1.29, 1.82) is 0 Å². The van der Waals surface area contributed by atoms with Crippen molar-refractivity contribution in [3.05, 3.63) is 83.5 Å². The third kappa shape index (κ3) is 4.76. The van der Waals surface area contributed by atoms with Crippen molar-refractivity contribution in [3.63, 3.8) is 0 Å². The second kappa shape index (κ2) is 9.83. The Labute approximate surface area is 203 Å². The molecule has 3 heterocycles. The normalized spacial score (nSPS) is 13.6. The third-order valence-corrected chi connectivity index (χ3v) is 6.18. The van der Waals surface area contributed by atoms with Crippen molar-refractivity contribution < 1.29 is 14.6 Å². The van der Waals surface area contributed by atoms with Crippen molar-refractivity contribution in [3.8, 4) is 11.3 Å². The number of aryl methyl sites for hydroxylation is 1. The van der Waals surface area contributed by atoms with Crippen LogP contribution in [0.5, 0.6) is 0 Å². The van der Waals surface area contributed by atoms with E-state index in [1.807, 2.05) is 30.3 Å². The number of benzene rings is 2. The highest BCUT2D eigenvalue weighted by molar-refractivity contribution is 6.33. The smallest absolute Gasteiger partial charge is 0.335 e. The molecule has 176 valence electrons. The van der Waals surface area contributed by atoms with Crippen LogP contribution in [0.25, 0.3) is 22.4 Å². The number of aromatic nitrogens is 3. The number of aromatic carboxylic acids is 1. The first-order valence-corrected chi connectivity index (χ1v) is 11.2. The van der Waals surface area contributed by atoms with E-state index in [-0.39, 0.29) is 7.43 Å². The summed E-state index contributed by atoms with van der Waals surface area (Å²) in [6, 6.07) is 15.5. The molecule has 2 aromatic heterocycles. The molecule has 1 aliphatic heterocycles. The molecule has 0 amide bonds. The summed E-state index contributed by atoms with van der Waals surface area (Å²) in [4.78, 5) is 26.3. The first-order chi connectivity index (χ1) is 16.0. The second-order valence-electron chi connectivity index (χ2n) is 8.15. The lowest BCUT2D eigenvalue weighted by molar-refractivity contribution is 0.0696. The lowest BCUT2D eigenvalue weighted by Crippen LogP contribution is -2.36. The van der Waals surface area contributed by atoms with E-state index in [4.69, 9.17) is 21.3 Å². The van der Waals surface area contributed by atoms with E-state index >= 15 is 0 Å². The van der Waals surface area contributed by atoms with Gasteiger partial charge in [0, 0.05) is 30.8 Å². The molecule has 34 heavy (non-hydrogen) atoms. The molecule has 2 N–H and O–H groups in total. The molecule has 0 unspecified atom stereocenters. The summed E-state index contributed by atoms with van der Waals surface area (Å²) in [6.45, 7) is 5.04. The van der Waals surface area contributed by atoms with Gasteiger partial charge < -0.3 is 27.2 Å². The summed E-state index contributed by atoms with van der Waals surface area (Å²) in [5, 5.41) is 9.92. The minimum atomic E-state index is -0.934. The van der Waals surface area contributed by atoms with Crippen LogP contribution < -0.4 is 4.90 Å². The Morgan fingerprint density at radius 3 is 2.56 bits per heavy atom. The van der Waals surface area contributed by atoms with Gasteiger partial charge in [0.25, 0.3) is 0 Å². The number of anilines is 1. The van der Waals surface area contributed by atoms with Crippen LogP contribution >= 0.6 is 11.6 Å². The molecule has 0 radical (unpaired) electrons. The van der Waals surface area contributed by atoms with Gasteiger partial charge in [0.1, 0.15) is 5.82 Å². The van der Waals surface area contributed by atoms with Gasteiger partial charge in [0.05, 0.1) is 35.0 Å². The molecule has 0 bridgehead atoms. The zero-order chi connectivity index (χ0) is 22.9. The van der Waals surface area contributed by atoms with Crippen molar-refractivity contribution in [2.75, 3.05) is 31.2 Å². The van der Waals surface area contributed by atoms with Crippen LogP contribution in [0.15, 0.2) is 48.5 Å². The number of rotatable bonds is 5. The lowest BCUT2D eigenvalue weighted by Gasteiger charge is -2.28. The summed E-state index contributed by atoms with van der Waals surface area (Å²) >= 11 is 6.57. The highest BCUT2D eigenvalue weighted by Crippen LogP contribution is 2.30. The van der Waals surface area contributed by atoms with Crippen LogP contribution in [0.3, 0.4) is 0 Å². The van der Waals surface area contributed by atoms with Crippen molar-refractivity contribution >= 4 is 34.4 Å². The number of imidazole rings is 1. The monoisotopic (exact) mass is 477 g/mol. The molecule has 7 nitrogen and oxygen atoms in total. The van der Waals surface area contributed by atoms with Gasteiger partial charge >= 0.3 is 5.97 Å². The number of pyridine rings is 1. The van der Waals surface area contributed by atoms with E-state index in [0.29, 0.717) is 34.2 Å². The van der Waals surface area contributed by atoms with Gasteiger partial charge in [-0.2, -0.15) is 0 Å². The van der Waals surface area contributed by atoms with Crippen LogP contribution in [0, 0.1) is 14.4 Å². The molecule has 1 saturated heterocycles. The number of carboxylic acids is 1. The molecule has 5 rings (SSSR count). The number of hydrogen-bond acceptors (Lipinski definition) is 5. The minimum Gasteiger partial charge on any atom is -0.478 e. The zero-order valence-electron chi connectivity index (χ0n) is 19.1. The van der Waals surface area contributed by atoms with Crippen molar-refractivity contribution in [1.82, 2.24) is 15.0 Å². The maximum atomic E-state index is 11.4. The number of hydrogen-bond donors (Lipinski definition) is 2. The first-order valence-electron chi connectivity index (χ1n) is 10.8. The Kier molecular flexibility index (Phi) is 6.86. The number of H-pyrrole nitrogens is 1. The van der Waals surface area contributed by atoms with Gasteiger partial charge in [-0.15, -0.1) is 0 Å². The average Bonchev–Trinajstić information content (AvgIpc) is 3.21. The molecule has 4 aromatic rings. The fourth-order valence-electron chi connectivity index (χ4n) is 4.11. The van der Waals surface area contributed by atoms with Crippen LogP contribution in [-0.4, -0.2) is 52.3 Å². The average molecular weight is 478 g/mol. The van der Waals surface area contributed by atoms with Crippen LogP contribution in [0.4, 0.5) is 5.69 Å². The summed E-state index contributed by atoms with van der Waals surface area (Å²) in [5.41, 5.74) is 5.97. The number of aromatic amines is 1. The van der Waals surface area contributed by atoms with Gasteiger partial charge in [-0.05, 0) is 42.3 Å². The number of nitrogens with zero attached hydrogens (tertiary/aromatic N) is 3.